The number of fused-ring (bicyclic) bond motifs is 1. The monoisotopic (exact) mass is 254 g/mol. The number of para-hydroxylation sites is 2. The molecule has 2 aromatic carbocycles. The molecule has 0 fully saturated rings. The quantitative estimate of drug-likeness (QED) is 0.715. The number of H-pyrrole nitrogens is 1. The Morgan fingerprint density at radius 2 is 1.74 bits per heavy atom. The maximum atomic E-state index is 10.0. The zero-order chi connectivity index (χ0) is 13.5. The van der Waals surface area contributed by atoms with Crippen molar-refractivity contribution < 1.29 is 9.53 Å². The van der Waals surface area contributed by atoms with Crippen molar-refractivity contribution >= 4 is 17.3 Å². The number of aromatic nitrogens is 2. The standard InChI is InChI=1S/C8H8N2O.C7H6O/c1-11-8-9-6-4-2-3-5-7(6)10-8;8-6-7-4-2-1-3-5-7/h2-5H,1H3,(H,9,10);1-6H. The van der Waals surface area contributed by atoms with Gasteiger partial charge in [0.2, 0.25) is 0 Å². The van der Waals surface area contributed by atoms with Crippen LogP contribution in [0, 0.1) is 0 Å². The largest absolute Gasteiger partial charge is 0.468 e. The number of benzene rings is 2. The van der Waals surface area contributed by atoms with Gasteiger partial charge in [-0.05, 0) is 12.1 Å². The van der Waals surface area contributed by atoms with Crippen LogP contribution in [0.4, 0.5) is 0 Å². The van der Waals surface area contributed by atoms with Crippen LogP contribution in [-0.4, -0.2) is 23.4 Å². The van der Waals surface area contributed by atoms with Crippen molar-refractivity contribution in [3.63, 3.8) is 0 Å². The molecule has 0 aliphatic carbocycles. The zero-order valence-electron chi connectivity index (χ0n) is 10.5. The molecule has 4 nitrogen and oxygen atoms in total. The van der Waals surface area contributed by atoms with Crippen molar-refractivity contribution in [2.75, 3.05) is 7.11 Å². The molecule has 0 saturated carbocycles. The molecule has 4 heteroatoms. The molecule has 1 N–H and O–H groups in total. The Kier molecular flexibility index (Phi) is 4.29. The van der Waals surface area contributed by atoms with E-state index >= 15 is 0 Å². The van der Waals surface area contributed by atoms with Crippen LogP contribution in [0.3, 0.4) is 0 Å². The molecule has 1 heterocycles. The fourth-order valence-electron chi connectivity index (χ4n) is 1.56. The molecule has 19 heavy (non-hydrogen) atoms. The normalized spacial score (nSPS) is 9.53. The van der Waals surface area contributed by atoms with E-state index in [-0.39, 0.29) is 0 Å². The first kappa shape index (κ1) is 12.8. The van der Waals surface area contributed by atoms with Gasteiger partial charge in [-0.25, -0.2) is 0 Å². The number of nitrogens with zero attached hydrogens (tertiary/aromatic N) is 1. The molecule has 0 bridgehead atoms. The van der Waals surface area contributed by atoms with Crippen molar-refractivity contribution in [1.29, 1.82) is 0 Å². The topological polar surface area (TPSA) is 55.0 Å². The van der Waals surface area contributed by atoms with Crippen LogP contribution in [0.25, 0.3) is 11.0 Å². The number of ether oxygens (including phenoxy) is 1. The number of rotatable bonds is 2. The van der Waals surface area contributed by atoms with E-state index < -0.39 is 0 Å². The fraction of sp³-hybridized carbons (Fsp3) is 0.0667. The van der Waals surface area contributed by atoms with E-state index in [2.05, 4.69) is 9.97 Å². The molecule has 0 spiro atoms. The maximum Gasteiger partial charge on any atom is 0.294 e. The third kappa shape index (κ3) is 3.42. The average Bonchev–Trinajstić information content (AvgIpc) is 2.92. The Bertz CT molecular complexity index is 614. The van der Waals surface area contributed by atoms with Crippen LogP contribution in [0.1, 0.15) is 10.4 Å². The van der Waals surface area contributed by atoms with Crippen LogP contribution < -0.4 is 4.74 Å². The van der Waals surface area contributed by atoms with Crippen LogP contribution in [0.5, 0.6) is 6.01 Å². The lowest BCUT2D eigenvalue weighted by molar-refractivity contribution is 0.112. The molecular formula is C15H14N2O2. The zero-order valence-corrected chi connectivity index (χ0v) is 10.5. The second kappa shape index (κ2) is 6.35. The molecular weight excluding hydrogens is 240 g/mol. The lowest BCUT2D eigenvalue weighted by Crippen LogP contribution is -1.82. The van der Waals surface area contributed by atoms with E-state index in [0.717, 1.165) is 22.9 Å². The van der Waals surface area contributed by atoms with E-state index in [1.54, 1.807) is 19.2 Å². The molecule has 3 aromatic rings. The average molecular weight is 254 g/mol. The van der Waals surface area contributed by atoms with Crippen LogP contribution >= 0.6 is 0 Å². The minimum absolute atomic E-state index is 0.561. The van der Waals surface area contributed by atoms with Gasteiger partial charge >= 0.3 is 0 Å². The number of aldehydes is 1. The minimum atomic E-state index is 0.561. The van der Waals surface area contributed by atoms with Gasteiger partial charge in [-0.3, -0.25) is 4.79 Å². The van der Waals surface area contributed by atoms with Crippen LogP contribution in [-0.2, 0) is 0 Å². The summed E-state index contributed by atoms with van der Waals surface area (Å²) in [5.41, 5.74) is 2.67. The smallest absolute Gasteiger partial charge is 0.294 e. The van der Waals surface area contributed by atoms with Gasteiger partial charge in [-0.15, -0.1) is 0 Å². The van der Waals surface area contributed by atoms with Crippen molar-refractivity contribution in [1.82, 2.24) is 9.97 Å². The highest BCUT2D eigenvalue weighted by atomic mass is 16.5. The van der Waals surface area contributed by atoms with Gasteiger partial charge < -0.3 is 9.72 Å². The molecule has 0 aliphatic rings. The number of carbonyl (C=O) groups is 1. The summed E-state index contributed by atoms with van der Waals surface area (Å²) in [5, 5.41) is 0. The Morgan fingerprint density at radius 3 is 2.32 bits per heavy atom. The number of imidazole rings is 1. The van der Waals surface area contributed by atoms with Crippen molar-refractivity contribution in [2.24, 2.45) is 0 Å². The maximum absolute atomic E-state index is 10.0. The number of carbonyl (C=O) groups excluding carboxylic acids is 1. The highest BCUT2D eigenvalue weighted by molar-refractivity contribution is 5.75. The van der Waals surface area contributed by atoms with Gasteiger partial charge in [-0.2, -0.15) is 4.98 Å². The second-order valence-corrected chi connectivity index (χ2v) is 3.79. The summed E-state index contributed by atoms with van der Waals surface area (Å²) in [6, 6.07) is 17.5. The Balaban J connectivity index is 0.000000148. The summed E-state index contributed by atoms with van der Waals surface area (Å²) in [6.07, 6.45) is 0.833. The lowest BCUT2D eigenvalue weighted by atomic mass is 10.2. The fourth-order valence-corrected chi connectivity index (χ4v) is 1.56. The lowest BCUT2D eigenvalue weighted by Gasteiger charge is -1.86. The van der Waals surface area contributed by atoms with Gasteiger partial charge in [-0.1, -0.05) is 42.5 Å². The number of nitrogens with one attached hydrogen (secondary N) is 1. The first-order valence-electron chi connectivity index (χ1n) is 5.82. The van der Waals surface area contributed by atoms with E-state index in [1.807, 2.05) is 42.5 Å². The Hall–Kier alpha value is -2.62. The van der Waals surface area contributed by atoms with Gasteiger partial charge in [0.05, 0.1) is 18.1 Å². The number of methoxy groups -OCH3 is 1. The second-order valence-electron chi connectivity index (χ2n) is 3.79. The first-order valence-corrected chi connectivity index (χ1v) is 5.82. The summed E-state index contributed by atoms with van der Waals surface area (Å²) >= 11 is 0. The van der Waals surface area contributed by atoms with Crippen molar-refractivity contribution in [3.05, 3.63) is 60.2 Å². The number of aromatic amines is 1. The van der Waals surface area contributed by atoms with Gasteiger partial charge in [0.25, 0.3) is 6.01 Å². The Morgan fingerprint density at radius 1 is 1.05 bits per heavy atom. The third-order valence-electron chi connectivity index (χ3n) is 2.50. The molecule has 0 radical (unpaired) electrons. The number of hydrogen-bond acceptors (Lipinski definition) is 3. The molecule has 0 atom stereocenters. The predicted octanol–water partition coefficient (Wildman–Crippen LogP) is 3.07. The highest BCUT2D eigenvalue weighted by Crippen LogP contribution is 2.13. The van der Waals surface area contributed by atoms with E-state index in [1.165, 1.54) is 0 Å². The van der Waals surface area contributed by atoms with Gasteiger partial charge in [0, 0.05) is 5.56 Å². The predicted molar refractivity (Wildman–Crippen MR) is 74.5 cm³/mol. The van der Waals surface area contributed by atoms with Crippen LogP contribution in [0.2, 0.25) is 0 Å². The summed E-state index contributed by atoms with van der Waals surface area (Å²) in [4.78, 5) is 17.2. The molecule has 96 valence electrons. The molecule has 1 aromatic heterocycles. The SMILES string of the molecule is COc1nc2ccccc2[nH]1.O=Cc1ccccc1. The van der Waals surface area contributed by atoms with Crippen LogP contribution in [0.15, 0.2) is 54.6 Å². The highest BCUT2D eigenvalue weighted by Gasteiger charge is 1.98. The molecule has 0 saturated heterocycles. The summed E-state index contributed by atoms with van der Waals surface area (Å²) in [6.45, 7) is 0. The number of hydrogen-bond donors (Lipinski definition) is 1. The first-order chi connectivity index (χ1) is 9.33. The molecule has 0 aliphatic heterocycles. The van der Waals surface area contributed by atoms with E-state index in [9.17, 15) is 4.79 Å². The third-order valence-corrected chi connectivity index (χ3v) is 2.50. The van der Waals surface area contributed by atoms with Gasteiger partial charge in [0.1, 0.15) is 6.29 Å². The van der Waals surface area contributed by atoms with E-state index in [4.69, 9.17) is 4.74 Å². The summed E-state index contributed by atoms with van der Waals surface area (Å²) in [7, 11) is 1.59. The molecule has 0 unspecified atom stereocenters. The van der Waals surface area contributed by atoms with Gasteiger partial charge in [0.15, 0.2) is 0 Å². The van der Waals surface area contributed by atoms with Crippen molar-refractivity contribution in [2.45, 2.75) is 0 Å². The van der Waals surface area contributed by atoms with E-state index in [0.29, 0.717) is 6.01 Å². The Labute approximate surface area is 111 Å². The summed E-state index contributed by atoms with van der Waals surface area (Å²) < 4.78 is 4.93. The minimum Gasteiger partial charge on any atom is -0.468 e. The summed E-state index contributed by atoms with van der Waals surface area (Å²) in [5.74, 6) is 0. The molecule has 0 amide bonds. The molecule has 3 rings (SSSR count). The van der Waals surface area contributed by atoms with Crippen molar-refractivity contribution in [3.8, 4) is 6.01 Å².